The van der Waals surface area contributed by atoms with Gasteiger partial charge >= 0.3 is 7.60 Å². The van der Waals surface area contributed by atoms with Gasteiger partial charge < -0.3 is 9.05 Å². The predicted octanol–water partition coefficient (Wildman–Crippen LogP) is 2.52. The van der Waals surface area contributed by atoms with E-state index in [4.69, 9.17) is 0 Å². The van der Waals surface area contributed by atoms with E-state index in [-0.39, 0.29) is 6.42 Å². The molecule has 0 amide bonds. The minimum atomic E-state index is -3.61. The van der Waals surface area contributed by atoms with Gasteiger partial charge in [0, 0.05) is 14.2 Å². The number of carbonyl (C=O) groups excluding carboxylic acids is 1. The quantitative estimate of drug-likeness (QED) is 0.628. The number of hydrogen-bond acceptors (Lipinski definition) is 4. The third-order valence-electron chi connectivity index (χ3n) is 2.10. The Labute approximate surface area is 93.8 Å². The summed E-state index contributed by atoms with van der Waals surface area (Å²) in [7, 11) is -1.43. The molecule has 16 heavy (non-hydrogen) atoms. The van der Waals surface area contributed by atoms with Crippen LogP contribution in [0, 0.1) is 0 Å². The molecule has 0 aromatic heterocycles. The highest BCUT2D eigenvalue weighted by molar-refractivity contribution is 7.54. The van der Waals surface area contributed by atoms with Crippen LogP contribution < -0.4 is 0 Å². The summed E-state index contributed by atoms with van der Waals surface area (Å²) in [5.41, 5.74) is 0. The van der Waals surface area contributed by atoms with E-state index in [1.54, 1.807) is 6.92 Å². The number of Topliss-reactive ketones (excluding diaryl/α,β-unsaturated/α-hetero) is 1. The summed E-state index contributed by atoms with van der Waals surface area (Å²) in [6.45, 7) is 1.68. The minimum Gasteiger partial charge on any atom is -0.312 e. The molecule has 0 aliphatic carbocycles. The van der Waals surface area contributed by atoms with Gasteiger partial charge in [-0.15, -0.1) is 0 Å². The Balaban J connectivity index is 4.40. The smallest absolute Gasteiger partial charge is 0.312 e. The van der Waals surface area contributed by atoms with Crippen LogP contribution in [-0.2, 0) is 18.4 Å². The van der Waals surface area contributed by atoms with Gasteiger partial charge in [-0.3, -0.25) is 9.36 Å². The largest absolute Gasteiger partial charge is 0.337 e. The van der Waals surface area contributed by atoms with E-state index >= 15 is 0 Å². The molecule has 2 unspecified atom stereocenters. The number of halogens is 2. The number of ketones is 1. The van der Waals surface area contributed by atoms with E-state index in [0.29, 0.717) is 6.42 Å². The average molecular weight is 258 g/mol. The SMILES string of the molecule is CCCC(F)C(F)C(=O)CP(=O)(OC)OC. The number of hydrogen-bond donors (Lipinski definition) is 0. The lowest BCUT2D eigenvalue weighted by atomic mass is 10.1. The molecule has 7 heteroatoms. The lowest BCUT2D eigenvalue weighted by molar-refractivity contribution is -0.123. The molecular formula is C9H17F2O4P. The molecule has 4 nitrogen and oxygen atoms in total. The molecule has 0 aromatic carbocycles. The van der Waals surface area contributed by atoms with Crippen molar-refractivity contribution >= 4 is 13.4 Å². The van der Waals surface area contributed by atoms with Gasteiger partial charge in [-0.05, 0) is 6.42 Å². The van der Waals surface area contributed by atoms with Crippen LogP contribution in [0.25, 0.3) is 0 Å². The van der Waals surface area contributed by atoms with Crippen LogP contribution in [0.1, 0.15) is 19.8 Å². The van der Waals surface area contributed by atoms with Gasteiger partial charge in [0.25, 0.3) is 0 Å². The van der Waals surface area contributed by atoms with Gasteiger partial charge in [-0.25, -0.2) is 8.78 Å². The third kappa shape index (κ3) is 4.68. The molecule has 0 radical (unpaired) electrons. The van der Waals surface area contributed by atoms with Crippen LogP contribution in [0.2, 0.25) is 0 Å². The molecule has 0 saturated heterocycles. The first-order valence-electron chi connectivity index (χ1n) is 4.91. The van der Waals surface area contributed by atoms with Crippen LogP contribution in [0.4, 0.5) is 8.78 Å². The van der Waals surface area contributed by atoms with Crippen molar-refractivity contribution in [1.82, 2.24) is 0 Å². The molecule has 0 heterocycles. The van der Waals surface area contributed by atoms with Crippen LogP contribution in [0.3, 0.4) is 0 Å². The van der Waals surface area contributed by atoms with Crippen molar-refractivity contribution in [2.24, 2.45) is 0 Å². The van der Waals surface area contributed by atoms with E-state index in [2.05, 4.69) is 9.05 Å². The summed E-state index contributed by atoms with van der Waals surface area (Å²) in [5.74, 6) is -1.09. The Hall–Kier alpha value is -0.320. The van der Waals surface area contributed by atoms with Crippen molar-refractivity contribution in [3.8, 4) is 0 Å². The van der Waals surface area contributed by atoms with Gasteiger partial charge in [0.15, 0.2) is 12.0 Å². The van der Waals surface area contributed by atoms with Crippen molar-refractivity contribution in [2.75, 3.05) is 20.4 Å². The number of rotatable bonds is 8. The van der Waals surface area contributed by atoms with Gasteiger partial charge in [-0.2, -0.15) is 0 Å². The highest BCUT2D eigenvalue weighted by atomic mass is 31.2. The standard InChI is InChI=1S/C9H17F2O4P/c1-4-5-7(10)9(11)8(12)6-16(13,14-2)15-3/h7,9H,4-6H2,1-3H3. The zero-order valence-electron chi connectivity index (χ0n) is 9.61. The molecule has 0 fully saturated rings. The zero-order chi connectivity index (χ0) is 12.8. The third-order valence-corrected chi connectivity index (χ3v) is 3.91. The average Bonchev–Trinajstić information content (AvgIpc) is 2.28. The fourth-order valence-corrected chi connectivity index (χ4v) is 2.07. The lowest BCUT2D eigenvalue weighted by Crippen LogP contribution is -2.29. The molecule has 0 N–H and O–H groups in total. The molecule has 2 atom stereocenters. The second kappa shape index (κ2) is 7.09. The fourth-order valence-electron chi connectivity index (χ4n) is 1.11. The molecule has 0 spiro atoms. The lowest BCUT2D eigenvalue weighted by Gasteiger charge is -2.16. The summed E-state index contributed by atoms with van der Waals surface area (Å²) in [4.78, 5) is 11.2. The van der Waals surface area contributed by atoms with E-state index in [1.165, 1.54) is 0 Å². The summed E-state index contributed by atoms with van der Waals surface area (Å²) in [5, 5.41) is 0. The van der Waals surface area contributed by atoms with Crippen LogP contribution >= 0.6 is 7.60 Å². The summed E-state index contributed by atoms with van der Waals surface area (Å²) in [6.07, 6.45) is -4.48. The molecule has 0 aliphatic rings. The van der Waals surface area contributed by atoms with E-state index < -0.39 is 31.9 Å². The van der Waals surface area contributed by atoms with Gasteiger partial charge in [0.1, 0.15) is 12.3 Å². The monoisotopic (exact) mass is 258 g/mol. The summed E-state index contributed by atoms with van der Waals surface area (Å²) < 4.78 is 46.7. The van der Waals surface area contributed by atoms with E-state index in [1.807, 2.05) is 0 Å². The highest BCUT2D eigenvalue weighted by Gasteiger charge is 2.34. The Morgan fingerprint density at radius 1 is 1.31 bits per heavy atom. The van der Waals surface area contributed by atoms with Crippen molar-refractivity contribution < 1.29 is 27.2 Å². The highest BCUT2D eigenvalue weighted by Crippen LogP contribution is 2.46. The topological polar surface area (TPSA) is 52.6 Å². The van der Waals surface area contributed by atoms with Crippen molar-refractivity contribution in [2.45, 2.75) is 32.1 Å². The van der Waals surface area contributed by atoms with Gasteiger partial charge in [0.05, 0.1) is 0 Å². The molecule has 0 bridgehead atoms. The van der Waals surface area contributed by atoms with Crippen molar-refractivity contribution in [3.63, 3.8) is 0 Å². The van der Waals surface area contributed by atoms with Crippen LogP contribution in [-0.4, -0.2) is 38.5 Å². The maximum Gasteiger partial charge on any atom is 0.337 e. The van der Waals surface area contributed by atoms with Crippen molar-refractivity contribution in [3.05, 3.63) is 0 Å². The molecule has 0 rings (SSSR count). The van der Waals surface area contributed by atoms with Crippen LogP contribution in [0.15, 0.2) is 0 Å². The van der Waals surface area contributed by atoms with Crippen LogP contribution in [0.5, 0.6) is 0 Å². The Bertz CT molecular complexity index is 264. The molecule has 96 valence electrons. The summed E-state index contributed by atoms with van der Waals surface area (Å²) >= 11 is 0. The maximum absolute atomic E-state index is 13.2. The first-order chi connectivity index (χ1) is 7.40. The zero-order valence-corrected chi connectivity index (χ0v) is 10.5. The normalized spacial score (nSPS) is 15.8. The number of carbonyl (C=O) groups is 1. The van der Waals surface area contributed by atoms with Crippen molar-refractivity contribution in [1.29, 1.82) is 0 Å². The summed E-state index contributed by atoms with van der Waals surface area (Å²) in [6, 6.07) is 0. The van der Waals surface area contributed by atoms with E-state index in [0.717, 1.165) is 14.2 Å². The number of alkyl halides is 2. The Morgan fingerprint density at radius 3 is 2.19 bits per heavy atom. The van der Waals surface area contributed by atoms with Gasteiger partial charge in [-0.1, -0.05) is 13.3 Å². The Morgan fingerprint density at radius 2 is 1.81 bits per heavy atom. The second-order valence-electron chi connectivity index (χ2n) is 3.31. The maximum atomic E-state index is 13.2. The first kappa shape index (κ1) is 15.7. The Kier molecular flexibility index (Phi) is 6.95. The van der Waals surface area contributed by atoms with E-state index in [9.17, 15) is 18.1 Å². The second-order valence-corrected chi connectivity index (χ2v) is 5.58. The minimum absolute atomic E-state index is 0.0445. The fraction of sp³-hybridized carbons (Fsp3) is 0.889. The predicted molar refractivity (Wildman–Crippen MR) is 56.2 cm³/mol. The first-order valence-corrected chi connectivity index (χ1v) is 6.64. The molecule has 0 saturated carbocycles. The molecular weight excluding hydrogens is 241 g/mol. The molecule has 0 aromatic rings. The van der Waals surface area contributed by atoms with Gasteiger partial charge in [0.2, 0.25) is 0 Å². The molecule has 0 aliphatic heterocycles.